The Morgan fingerprint density at radius 3 is 2.72 bits per heavy atom. The average Bonchev–Trinajstić information content (AvgIpc) is 2.64. The molecule has 0 saturated heterocycles. The normalized spacial score (nSPS) is 11.7. The highest BCUT2D eigenvalue weighted by atomic mass is 16.5. The summed E-state index contributed by atoms with van der Waals surface area (Å²) in [5, 5.41) is 10.7. The van der Waals surface area contributed by atoms with Gasteiger partial charge < -0.3 is 15.4 Å². The number of nitrogens with one attached hydrogen (secondary N) is 2. The molecule has 0 amide bonds. The van der Waals surface area contributed by atoms with E-state index >= 15 is 0 Å². The maximum atomic E-state index is 5.08. The Morgan fingerprint density at radius 2 is 2.17 bits per heavy atom. The third-order valence-electron chi connectivity index (χ3n) is 2.93. The fourth-order valence-corrected chi connectivity index (χ4v) is 1.84. The molecule has 0 aliphatic rings. The first kappa shape index (κ1) is 14.5. The number of nitrogens with zero attached hydrogens (tertiary/aromatic N) is 3. The Hall–Kier alpha value is -1.56. The van der Waals surface area contributed by atoms with Gasteiger partial charge in [-0.05, 0) is 13.8 Å². The molecule has 1 heterocycles. The molecule has 0 aliphatic heterocycles. The first-order valence-electron chi connectivity index (χ1n) is 6.04. The third-order valence-corrected chi connectivity index (χ3v) is 2.93. The highest BCUT2D eigenvalue weighted by Crippen LogP contribution is 2.12. The lowest BCUT2D eigenvalue weighted by molar-refractivity contribution is 0.182. The van der Waals surface area contributed by atoms with Gasteiger partial charge in [0.1, 0.15) is 0 Å². The minimum atomic E-state index is 0.674. The zero-order valence-corrected chi connectivity index (χ0v) is 11.9. The largest absolute Gasteiger partial charge is 0.383 e. The topological polar surface area (TPSA) is 63.5 Å². The number of rotatable bonds is 5. The molecule has 6 nitrogen and oxygen atoms in total. The summed E-state index contributed by atoms with van der Waals surface area (Å²) in [7, 11) is 5.29. The van der Waals surface area contributed by atoms with E-state index in [1.54, 1.807) is 14.2 Å². The third kappa shape index (κ3) is 3.46. The van der Waals surface area contributed by atoms with Crippen LogP contribution in [0, 0.1) is 13.8 Å². The number of aliphatic imine (C=N–C) groups is 1. The van der Waals surface area contributed by atoms with Crippen LogP contribution in [-0.2, 0) is 17.8 Å². The minimum Gasteiger partial charge on any atom is -0.383 e. The van der Waals surface area contributed by atoms with Crippen molar-refractivity contribution in [3.63, 3.8) is 0 Å². The summed E-state index contributed by atoms with van der Waals surface area (Å²) in [4.78, 5) is 4.08. The molecule has 18 heavy (non-hydrogen) atoms. The van der Waals surface area contributed by atoms with Crippen molar-refractivity contribution in [3.8, 4) is 0 Å². The summed E-state index contributed by atoms with van der Waals surface area (Å²) in [6, 6.07) is 0. The van der Waals surface area contributed by atoms with Crippen molar-refractivity contribution in [1.82, 2.24) is 20.4 Å². The van der Waals surface area contributed by atoms with Crippen molar-refractivity contribution in [2.45, 2.75) is 26.9 Å². The second kappa shape index (κ2) is 7.00. The average molecular weight is 253 g/mol. The van der Waals surface area contributed by atoms with Gasteiger partial charge in [-0.25, -0.2) is 0 Å². The molecule has 0 fully saturated rings. The van der Waals surface area contributed by atoms with Crippen molar-refractivity contribution >= 4 is 5.96 Å². The standard InChI is InChI=1S/C12H23N5O/c1-9-11(8-15-12(13-3)14-4)10(2)17(16-9)6-7-18-5/h6-8H2,1-5H3,(H2,13,14,15). The molecule has 0 unspecified atom stereocenters. The van der Waals surface area contributed by atoms with E-state index < -0.39 is 0 Å². The summed E-state index contributed by atoms with van der Waals surface area (Å²) >= 11 is 0. The second-order valence-electron chi connectivity index (χ2n) is 4.04. The van der Waals surface area contributed by atoms with Gasteiger partial charge in [-0.15, -0.1) is 0 Å². The Morgan fingerprint density at radius 1 is 1.44 bits per heavy atom. The summed E-state index contributed by atoms with van der Waals surface area (Å²) in [6.45, 7) is 6.28. The fraction of sp³-hybridized carbons (Fsp3) is 0.667. The van der Waals surface area contributed by atoms with Crippen LogP contribution in [0.3, 0.4) is 0 Å². The lowest BCUT2D eigenvalue weighted by Crippen LogP contribution is -2.34. The molecule has 0 spiro atoms. The van der Waals surface area contributed by atoms with Gasteiger partial charge in [0, 0.05) is 39.0 Å². The van der Waals surface area contributed by atoms with Gasteiger partial charge in [-0.1, -0.05) is 0 Å². The van der Waals surface area contributed by atoms with Gasteiger partial charge in [-0.3, -0.25) is 9.67 Å². The van der Waals surface area contributed by atoms with Crippen LogP contribution in [0.25, 0.3) is 0 Å². The highest BCUT2D eigenvalue weighted by molar-refractivity contribution is 5.79. The van der Waals surface area contributed by atoms with Crippen LogP contribution in [0.2, 0.25) is 0 Å². The quantitative estimate of drug-likeness (QED) is 0.590. The highest BCUT2D eigenvalue weighted by Gasteiger charge is 2.11. The molecule has 0 bridgehead atoms. The molecule has 0 atom stereocenters. The molecule has 1 aromatic rings. The molecule has 0 aromatic carbocycles. The number of aryl methyl sites for hydroxylation is 1. The smallest absolute Gasteiger partial charge is 0.190 e. The summed E-state index contributed by atoms with van der Waals surface area (Å²) < 4.78 is 7.06. The summed E-state index contributed by atoms with van der Waals surface area (Å²) in [6.07, 6.45) is 0. The van der Waals surface area contributed by atoms with E-state index in [9.17, 15) is 0 Å². The molecule has 1 aromatic heterocycles. The van der Waals surface area contributed by atoms with Gasteiger partial charge >= 0.3 is 0 Å². The van der Waals surface area contributed by atoms with Gasteiger partial charge in [0.15, 0.2) is 5.96 Å². The van der Waals surface area contributed by atoms with Crippen molar-refractivity contribution in [3.05, 3.63) is 17.0 Å². The lowest BCUT2D eigenvalue weighted by atomic mass is 10.2. The molecule has 6 heteroatoms. The van der Waals surface area contributed by atoms with E-state index in [0.29, 0.717) is 6.61 Å². The second-order valence-corrected chi connectivity index (χ2v) is 4.04. The SMILES string of the molecule is CN=C(NC)NCc1c(C)nn(CCOC)c1C. The maximum Gasteiger partial charge on any atom is 0.190 e. The number of hydrogen-bond donors (Lipinski definition) is 2. The molecular formula is C12H23N5O. The molecule has 1 rings (SSSR count). The molecular weight excluding hydrogens is 230 g/mol. The summed E-state index contributed by atoms with van der Waals surface area (Å²) in [5.41, 5.74) is 3.42. The monoisotopic (exact) mass is 253 g/mol. The van der Waals surface area contributed by atoms with Crippen molar-refractivity contribution in [1.29, 1.82) is 0 Å². The van der Waals surface area contributed by atoms with Crippen LogP contribution in [0.5, 0.6) is 0 Å². The van der Waals surface area contributed by atoms with E-state index in [4.69, 9.17) is 4.74 Å². The minimum absolute atomic E-state index is 0.674. The Bertz CT molecular complexity index is 411. The number of ether oxygens (including phenoxy) is 1. The number of guanidine groups is 1. The maximum absolute atomic E-state index is 5.08. The first-order valence-corrected chi connectivity index (χ1v) is 6.04. The molecule has 0 saturated carbocycles. The molecule has 0 aliphatic carbocycles. The number of hydrogen-bond acceptors (Lipinski definition) is 3. The number of aromatic nitrogens is 2. The van der Waals surface area contributed by atoms with E-state index in [1.807, 2.05) is 18.7 Å². The van der Waals surface area contributed by atoms with Gasteiger partial charge in [0.2, 0.25) is 0 Å². The van der Waals surface area contributed by atoms with E-state index in [2.05, 4.69) is 27.6 Å². The Kier molecular flexibility index (Phi) is 5.64. The zero-order valence-electron chi connectivity index (χ0n) is 11.9. The Balaban J connectivity index is 2.74. The van der Waals surface area contributed by atoms with Gasteiger partial charge in [0.25, 0.3) is 0 Å². The van der Waals surface area contributed by atoms with E-state index in [1.165, 1.54) is 11.3 Å². The van der Waals surface area contributed by atoms with Crippen molar-refractivity contribution in [2.24, 2.45) is 4.99 Å². The fourth-order valence-electron chi connectivity index (χ4n) is 1.84. The first-order chi connectivity index (χ1) is 8.63. The van der Waals surface area contributed by atoms with Crippen LogP contribution in [0.4, 0.5) is 0 Å². The summed E-state index contributed by atoms with van der Waals surface area (Å²) in [5.74, 6) is 0.776. The molecule has 2 N–H and O–H groups in total. The predicted molar refractivity (Wildman–Crippen MR) is 72.8 cm³/mol. The lowest BCUT2D eigenvalue weighted by Gasteiger charge is -2.09. The van der Waals surface area contributed by atoms with Crippen molar-refractivity contribution in [2.75, 3.05) is 27.8 Å². The predicted octanol–water partition coefficient (Wildman–Crippen LogP) is 0.441. The van der Waals surface area contributed by atoms with E-state index in [0.717, 1.165) is 24.7 Å². The zero-order chi connectivity index (χ0) is 13.5. The molecule has 0 radical (unpaired) electrons. The van der Waals surface area contributed by atoms with Crippen LogP contribution in [0.1, 0.15) is 17.0 Å². The van der Waals surface area contributed by atoms with Gasteiger partial charge in [0.05, 0.1) is 18.8 Å². The van der Waals surface area contributed by atoms with Gasteiger partial charge in [-0.2, -0.15) is 5.10 Å². The molecule has 102 valence electrons. The van der Waals surface area contributed by atoms with E-state index in [-0.39, 0.29) is 0 Å². The van der Waals surface area contributed by atoms with Crippen LogP contribution < -0.4 is 10.6 Å². The number of methoxy groups -OCH3 is 1. The van der Waals surface area contributed by atoms with Crippen molar-refractivity contribution < 1.29 is 4.74 Å². The van der Waals surface area contributed by atoms with Crippen LogP contribution in [0.15, 0.2) is 4.99 Å². The Labute approximate surface area is 108 Å². The van der Waals surface area contributed by atoms with Crippen LogP contribution in [-0.4, -0.2) is 43.6 Å². The van der Waals surface area contributed by atoms with Crippen LogP contribution >= 0.6 is 0 Å².